The van der Waals surface area contributed by atoms with Crippen molar-refractivity contribution in [3.63, 3.8) is 0 Å². The number of carbonyl (C=O) groups excluding carboxylic acids is 1. The second-order valence-electron chi connectivity index (χ2n) is 4.55. The predicted molar refractivity (Wildman–Crippen MR) is 67.8 cm³/mol. The number of halogens is 1. The average molecular weight is 254 g/mol. The highest BCUT2D eigenvalue weighted by Gasteiger charge is 2.19. The van der Waals surface area contributed by atoms with Crippen LogP contribution in [-0.2, 0) is 4.79 Å². The van der Waals surface area contributed by atoms with Crippen LogP contribution in [0.15, 0.2) is 18.2 Å². The van der Waals surface area contributed by atoms with Gasteiger partial charge in [-0.2, -0.15) is 0 Å². The lowest BCUT2D eigenvalue weighted by Crippen LogP contribution is -2.42. The van der Waals surface area contributed by atoms with E-state index in [2.05, 4.69) is 5.32 Å². The van der Waals surface area contributed by atoms with Gasteiger partial charge in [0.05, 0.1) is 6.04 Å². The third kappa shape index (κ3) is 3.43. The summed E-state index contributed by atoms with van der Waals surface area (Å²) in [6, 6.07) is 3.23. The lowest BCUT2D eigenvalue weighted by atomic mass is 10.1. The van der Waals surface area contributed by atoms with Crippen molar-refractivity contribution in [2.75, 3.05) is 14.1 Å². The van der Waals surface area contributed by atoms with E-state index in [1.165, 1.54) is 17.0 Å². The average Bonchev–Trinajstić information content (AvgIpc) is 2.27. The van der Waals surface area contributed by atoms with Crippen molar-refractivity contribution in [1.29, 1.82) is 0 Å². The first kappa shape index (κ1) is 14.4. The molecule has 2 unspecified atom stereocenters. The van der Waals surface area contributed by atoms with Gasteiger partial charge in [0.25, 0.3) is 0 Å². The molecule has 0 aromatic heterocycles. The number of phenolic OH excluding ortho intramolecular Hbond substituents is 1. The molecule has 0 bridgehead atoms. The van der Waals surface area contributed by atoms with Crippen molar-refractivity contribution in [3.8, 4) is 5.75 Å². The summed E-state index contributed by atoms with van der Waals surface area (Å²) in [5.41, 5.74) is 0.565. The van der Waals surface area contributed by atoms with Crippen LogP contribution in [0.5, 0.6) is 5.75 Å². The van der Waals surface area contributed by atoms with E-state index < -0.39 is 5.82 Å². The fourth-order valence-corrected chi connectivity index (χ4v) is 1.81. The zero-order valence-corrected chi connectivity index (χ0v) is 11.1. The quantitative estimate of drug-likeness (QED) is 0.859. The van der Waals surface area contributed by atoms with E-state index in [-0.39, 0.29) is 23.7 Å². The van der Waals surface area contributed by atoms with Gasteiger partial charge in [-0.1, -0.05) is 6.07 Å². The molecule has 0 saturated heterocycles. The maximum atomic E-state index is 12.9. The topological polar surface area (TPSA) is 52.6 Å². The number of nitrogens with one attached hydrogen (secondary N) is 1. The molecule has 4 nitrogen and oxygen atoms in total. The van der Waals surface area contributed by atoms with Crippen LogP contribution >= 0.6 is 0 Å². The molecule has 0 aliphatic rings. The Hall–Kier alpha value is -1.62. The minimum absolute atomic E-state index is 0.0524. The zero-order valence-electron chi connectivity index (χ0n) is 11.1. The highest BCUT2D eigenvalue weighted by atomic mass is 19.1. The van der Waals surface area contributed by atoms with E-state index >= 15 is 0 Å². The molecule has 100 valence electrons. The Kier molecular flexibility index (Phi) is 4.67. The monoisotopic (exact) mass is 254 g/mol. The highest BCUT2D eigenvalue weighted by Crippen LogP contribution is 2.24. The van der Waals surface area contributed by atoms with Crippen molar-refractivity contribution in [3.05, 3.63) is 29.6 Å². The Morgan fingerprint density at radius 3 is 2.50 bits per heavy atom. The molecule has 0 heterocycles. The van der Waals surface area contributed by atoms with Crippen LogP contribution in [0.25, 0.3) is 0 Å². The Bertz CT molecular complexity index is 435. The fourth-order valence-electron chi connectivity index (χ4n) is 1.81. The zero-order chi connectivity index (χ0) is 13.9. The summed E-state index contributed by atoms with van der Waals surface area (Å²) in [6.45, 7) is 3.56. The minimum Gasteiger partial charge on any atom is -0.508 e. The van der Waals surface area contributed by atoms with Crippen LogP contribution < -0.4 is 5.32 Å². The first-order valence-electron chi connectivity index (χ1n) is 5.78. The van der Waals surface area contributed by atoms with E-state index in [4.69, 9.17) is 0 Å². The first-order chi connectivity index (χ1) is 8.32. The van der Waals surface area contributed by atoms with Gasteiger partial charge in [0.2, 0.25) is 5.91 Å². The van der Waals surface area contributed by atoms with Gasteiger partial charge in [0.15, 0.2) is 0 Å². The molecular weight excluding hydrogens is 235 g/mol. The van der Waals surface area contributed by atoms with E-state index in [0.717, 1.165) is 6.07 Å². The molecule has 0 aliphatic carbocycles. The Morgan fingerprint density at radius 1 is 1.39 bits per heavy atom. The molecule has 2 N–H and O–H groups in total. The molecule has 0 radical (unpaired) electrons. The normalized spacial score (nSPS) is 14.1. The molecule has 2 atom stereocenters. The number of benzene rings is 1. The second-order valence-corrected chi connectivity index (χ2v) is 4.55. The fraction of sp³-hybridized carbons (Fsp3) is 0.462. The van der Waals surface area contributed by atoms with E-state index in [1.807, 2.05) is 6.92 Å². The van der Waals surface area contributed by atoms with Crippen LogP contribution in [0.1, 0.15) is 25.5 Å². The summed E-state index contributed by atoms with van der Waals surface area (Å²) in [5, 5.41) is 12.7. The molecular formula is C13H19FN2O2. The van der Waals surface area contributed by atoms with Crippen LogP contribution in [-0.4, -0.2) is 36.1 Å². The number of phenols is 1. The largest absolute Gasteiger partial charge is 0.508 e. The molecule has 1 aromatic carbocycles. The maximum absolute atomic E-state index is 12.9. The Morgan fingerprint density at radius 2 is 2.00 bits per heavy atom. The Labute approximate surface area is 106 Å². The molecule has 1 amide bonds. The van der Waals surface area contributed by atoms with Gasteiger partial charge in [-0.25, -0.2) is 4.39 Å². The van der Waals surface area contributed by atoms with Gasteiger partial charge in [-0.15, -0.1) is 0 Å². The molecule has 0 aliphatic heterocycles. The number of hydrogen-bond acceptors (Lipinski definition) is 3. The summed E-state index contributed by atoms with van der Waals surface area (Å²) in [4.78, 5) is 13.2. The van der Waals surface area contributed by atoms with Crippen molar-refractivity contribution < 1.29 is 14.3 Å². The number of aromatic hydroxyl groups is 1. The highest BCUT2D eigenvalue weighted by molar-refractivity contribution is 5.80. The van der Waals surface area contributed by atoms with Crippen LogP contribution in [0.4, 0.5) is 4.39 Å². The number of carbonyl (C=O) groups is 1. The summed E-state index contributed by atoms with van der Waals surface area (Å²) in [7, 11) is 3.36. The molecule has 1 rings (SSSR count). The van der Waals surface area contributed by atoms with E-state index in [1.54, 1.807) is 21.0 Å². The van der Waals surface area contributed by atoms with Crippen LogP contribution in [0.3, 0.4) is 0 Å². The van der Waals surface area contributed by atoms with E-state index in [9.17, 15) is 14.3 Å². The summed E-state index contributed by atoms with van der Waals surface area (Å²) >= 11 is 0. The number of hydrogen-bond donors (Lipinski definition) is 2. The third-order valence-electron chi connectivity index (χ3n) is 2.77. The predicted octanol–water partition coefficient (Wildman–Crippen LogP) is 1.66. The standard InChI is InChI=1S/C13H19FN2O2/c1-8(15-9(2)13(18)16(3)4)11-6-5-10(14)7-12(11)17/h5-9,15,17H,1-4H3. The minimum atomic E-state index is -0.485. The molecule has 0 saturated carbocycles. The van der Waals surface area contributed by atoms with Gasteiger partial charge in [0, 0.05) is 31.8 Å². The Balaban J connectivity index is 2.76. The lowest BCUT2D eigenvalue weighted by molar-refractivity contribution is -0.130. The molecule has 0 spiro atoms. The van der Waals surface area contributed by atoms with Crippen molar-refractivity contribution >= 4 is 5.91 Å². The first-order valence-corrected chi connectivity index (χ1v) is 5.78. The van der Waals surface area contributed by atoms with Crippen molar-refractivity contribution in [1.82, 2.24) is 10.2 Å². The molecule has 5 heteroatoms. The third-order valence-corrected chi connectivity index (χ3v) is 2.77. The summed E-state index contributed by atoms with van der Waals surface area (Å²) in [6.07, 6.45) is 0. The van der Waals surface area contributed by atoms with E-state index in [0.29, 0.717) is 5.56 Å². The van der Waals surface area contributed by atoms with Crippen LogP contribution in [0.2, 0.25) is 0 Å². The van der Waals surface area contributed by atoms with Crippen molar-refractivity contribution in [2.24, 2.45) is 0 Å². The molecule has 18 heavy (non-hydrogen) atoms. The SMILES string of the molecule is CC(NC(C)c1ccc(F)cc1O)C(=O)N(C)C. The number of nitrogens with zero attached hydrogens (tertiary/aromatic N) is 1. The van der Waals surface area contributed by atoms with Gasteiger partial charge in [0.1, 0.15) is 11.6 Å². The maximum Gasteiger partial charge on any atom is 0.238 e. The second kappa shape index (κ2) is 5.82. The van der Waals surface area contributed by atoms with Crippen molar-refractivity contribution in [2.45, 2.75) is 25.9 Å². The number of amides is 1. The molecule has 0 fully saturated rings. The lowest BCUT2D eigenvalue weighted by Gasteiger charge is -2.23. The van der Waals surface area contributed by atoms with Gasteiger partial charge < -0.3 is 10.0 Å². The number of likely N-dealkylation sites (N-methyl/N-ethyl adjacent to an activating group) is 1. The summed E-state index contributed by atoms with van der Waals surface area (Å²) < 4.78 is 12.9. The smallest absolute Gasteiger partial charge is 0.238 e. The van der Waals surface area contributed by atoms with Gasteiger partial charge >= 0.3 is 0 Å². The summed E-state index contributed by atoms with van der Waals surface area (Å²) in [5.74, 6) is -0.649. The molecule has 1 aromatic rings. The van der Waals surface area contributed by atoms with Crippen LogP contribution in [0, 0.1) is 5.82 Å². The van der Waals surface area contributed by atoms with Gasteiger partial charge in [-0.05, 0) is 19.9 Å². The number of rotatable bonds is 4. The van der Waals surface area contributed by atoms with Gasteiger partial charge in [-0.3, -0.25) is 10.1 Å².